The van der Waals surface area contributed by atoms with E-state index in [4.69, 9.17) is 5.11 Å². The highest BCUT2D eigenvalue weighted by Crippen LogP contribution is 2.31. The summed E-state index contributed by atoms with van der Waals surface area (Å²) in [6.07, 6.45) is -0.932. The molecule has 0 heterocycles. The number of carboxylic acid groups (broad SMARTS) is 1. The van der Waals surface area contributed by atoms with Crippen molar-refractivity contribution in [3.05, 3.63) is 33.6 Å². The minimum atomic E-state index is -3.35. The molecular weight excluding hydrogens is 259 g/mol. The monoisotopic (exact) mass is 265 g/mol. The van der Waals surface area contributed by atoms with Gasteiger partial charge in [0.05, 0.1) is 23.0 Å². The number of ether oxygens (including phenoxy) is 1. The molecule has 9 heteroatoms. The molecule has 0 saturated carbocycles. The molecule has 0 radical (unpaired) electrons. The largest absolute Gasteiger partial charge is 0.481 e. The van der Waals surface area contributed by atoms with E-state index in [2.05, 4.69) is 4.74 Å². The molecule has 0 bridgehead atoms. The number of nitro benzene ring substituents is 1. The van der Waals surface area contributed by atoms with Gasteiger partial charge in [0.15, 0.2) is 0 Å². The lowest BCUT2D eigenvalue weighted by Gasteiger charge is -2.09. The van der Waals surface area contributed by atoms with Crippen molar-refractivity contribution in [3.8, 4) is 5.75 Å². The molecule has 0 saturated heterocycles. The molecule has 0 fully saturated rings. The van der Waals surface area contributed by atoms with E-state index in [0.29, 0.717) is 12.1 Å². The van der Waals surface area contributed by atoms with E-state index in [1.54, 1.807) is 0 Å². The van der Waals surface area contributed by atoms with Gasteiger partial charge in [-0.2, -0.15) is 8.78 Å². The summed E-state index contributed by atoms with van der Waals surface area (Å²) in [7, 11) is 0. The number of rotatable bonds is 5. The fourth-order valence-corrected chi connectivity index (χ4v) is 1.29. The van der Waals surface area contributed by atoms with Crippen molar-refractivity contribution in [2.24, 2.45) is 0 Å². The zero-order valence-electron chi connectivity index (χ0n) is 8.60. The second-order valence-corrected chi connectivity index (χ2v) is 3.11. The molecule has 18 heavy (non-hydrogen) atoms. The molecule has 0 aliphatic heterocycles. The summed E-state index contributed by atoms with van der Waals surface area (Å²) in [6.45, 7) is -3.35. The molecular formula is C9H6F3NO5. The Kier molecular flexibility index (Phi) is 4.08. The van der Waals surface area contributed by atoms with Crippen molar-refractivity contribution in [2.75, 3.05) is 0 Å². The molecule has 1 N–H and O–H groups in total. The van der Waals surface area contributed by atoms with Crippen LogP contribution in [0.25, 0.3) is 0 Å². The third kappa shape index (κ3) is 3.34. The maximum Gasteiger partial charge on any atom is 0.387 e. The molecule has 98 valence electrons. The maximum atomic E-state index is 13.0. The van der Waals surface area contributed by atoms with Gasteiger partial charge < -0.3 is 9.84 Å². The van der Waals surface area contributed by atoms with Crippen LogP contribution in [0.3, 0.4) is 0 Å². The molecule has 1 aromatic rings. The van der Waals surface area contributed by atoms with E-state index < -0.39 is 46.7 Å². The summed E-state index contributed by atoms with van der Waals surface area (Å²) in [5.74, 6) is -3.53. The predicted molar refractivity (Wildman–Crippen MR) is 51.0 cm³/mol. The van der Waals surface area contributed by atoms with E-state index in [1.165, 1.54) is 0 Å². The molecule has 0 spiro atoms. The zero-order valence-corrected chi connectivity index (χ0v) is 8.60. The van der Waals surface area contributed by atoms with Gasteiger partial charge in [0.25, 0.3) is 5.69 Å². The fourth-order valence-electron chi connectivity index (χ4n) is 1.29. The molecule has 6 nitrogen and oxygen atoms in total. The molecule has 0 aliphatic carbocycles. The molecule has 0 unspecified atom stereocenters. The third-order valence-electron chi connectivity index (χ3n) is 1.89. The molecule has 0 amide bonds. The average molecular weight is 265 g/mol. The van der Waals surface area contributed by atoms with Gasteiger partial charge in [-0.25, -0.2) is 4.39 Å². The van der Waals surface area contributed by atoms with E-state index in [-0.39, 0.29) is 0 Å². The minimum Gasteiger partial charge on any atom is -0.481 e. The Bertz CT molecular complexity index is 491. The number of carbonyl (C=O) groups is 1. The second-order valence-electron chi connectivity index (χ2n) is 3.11. The number of halogens is 3. The Balaban J connectivity index is 3.36. The van der Waals surface area contributed by atoms with Crippen LogP contribution in [-0.4, -0.2) is 22.6 Å². The topological polar surface area (TPSA) is 89.7 Å². The minimum absolute atomic E-state index is 0.441. The summed E-state index contributed by atoms with van der Waals surface area (Å²) < 4.78 is 40.9. The SMILES string of the molecule is O=C(O)Cc1c(OC(F)F)cc(F)cc1[N+](=O)[O-]. The number of aliphatic carboxylic acids is 1. The van der Waals surface area contributed by atoms with Crippen LogP contribution in [0, 0.1) is 15.9 Å². The van der Waals surface area contributed by atoms with Gasteiger partial charge in [-0.15, -0.1) is 0 Å². The van der Waals surface area contributed by atoms with Gasteiger partial charge in [-0.1, -0.05) is 0 Å². The lowest BCUT2D eigenvalue weighted by atomic mass is 10.1. The maximum absolute atomic E-state index is 13.0. The highest BCUT2D eigenvalue weighted by molar-refractivity contribution is 5.73. The summed E-state index contributed by atoms with van der Waals surface area (Å²) in [6, 6.07) is 0.911. The lowest BCUT2D eigenvalue weighted by molar-refractivity contribution is -0.385. The number of benzene rings is 1. The Morgan fingerprint density at radius 2 is 2.11 bits per heavy atom. The van der Waals surface area contributed by atoms with Crippen LogP contribution in [0.2, 0.25) is 0 Å². The van der Waals surface area contributed by atoms with E-state index >= 15 is 0 Å². The van der Waals surface area contributed by atoms with Crippen LogP contribution < -0.4 is 4.74 Å². The van der Waals surface area contributed by atoms with Crippen LogP contribution in [0.15, 0.2) is 12.1 Å². The molecule has 0 aliphatic rings. The van der Waals surface area contributed by atoms with Crippen molar-refractivity contribution in [3.63, 3.8) is 0 Å². The zero-order chi connectivity index (χ0) is 13.9. The van der Waals surface area contributed by atoms with E-state index in [0.717, 1.165) is 0 Å². The summed E-state index contributed by atoms with van der Waals surface area (Å²) in [4.78, 5) is 20.0. The van der Waals surface area contributed by atoms with Crippen molar-refractivity contribution in [2.45, 2.75) is 13.0 Å². The van der Waals surface area contributed by atoms with E-state index in [1.807, 2.05) is 0 Å². The Morgan fingerprint density at radius 1 is 1.50 bits per heavy atom. The Hall–Kier alpha value is -2.32. The molecule has 0 aromatic heterocycles. The van der Waals surface area contributed by atoms with Crippen LogP contribution in [0.4, 0.5) is 18.9 Å². The van der Waals surface area contributed by atoms with Crippen molar-refractivity contribution in [1.29, 1.82) is 0 Å². The van der Waals surface area contributed by atoms with Gasteiger partial charge in [-0.05, 0) is 0 Å². The normalized spacial score (nSPS) is 10.4. The smallest absolute Gasteiger partial charge is 0.387 e. The first kappa shape index (κ1) is 13.7. The van der Waals surface area contributed by atoms with Crippen molar-refractivity contribution in [1.82, 2.24) is 0 Å². The van der Waals surface area contributed by atoms with Crippen molar-refractivity contribution >= 4 is 11.7 Å². The Morgan fingerprint density at radius 3 is 2.56 bits per heavy atom. The Labute approximate surface area is 97.7 Å². The third-order valence-corrected chi connectivity index (χ3v) is 1.89. The van der Waals surface area contributed by atoms with E-state index in [9.17, 15) is 28.1 Å². The first-order chi connectivity index (χ1) is 8.31. The lowest BCUT2D eigenvalue weighted by Crippen LogP contribution is -2.10. The first-order valence-corrected chi connectivity index (χ1v) is 4.44. The number of hydrogen-bond donors (Lipinski definition) is 1. The quantitative estimate of drug-likeness (QED) is 0.649. The molecule has 0 atom stereocenters. The van der Waals surface area contributed by atoms with Crippen LogP contribution in [0.5, 0.6) is 5.75 Å². The van der Waals surface area contributed by atoms with Gasteiger partial charge >= 0.3 is 12.6 Å². The fraction of sp³-hybridized carbons (Fsp3) is 0.222. The van der Waals surface area contributed by atoms with Crippen LogP contribution in [0.1, 0.15) is 5.56 Å². The van der Waals surface area contributed by atoms with Gasteiger partial charge in [-0.3, -0.25) is 14.9 Å². The number of nitrogens with zero attached hydrogens (tertiary/aromatic N) is 1. The summed E-state index contributed by atoms with van der Waals surface area (Å²) in [5.41, 5.74) is -1.54. The number of carboxylic acids is 1. The predicted octanol–water partition coefficient (Wildman–Crippen LogP) is 1.96. The van der Waals surface area contributed by atoms with Crippen LogP contribution in [-0.2, 0) is 11.2 Å². The highest BCUT2D eigenvalue weighted by Gasteiger charge is 2.24. The second kappa shape index (κ2) is 5.34. The molecule has 1 aromatic carbocycles. The number of nitro groups is 1. The average Bonchev–Trinajstić information content (AvgIpc) is 2.19. The number of alkyl halides is 2. The summed E-state index contributed by atoms with van der Waals surface area (Å²) >= 11 is 0. The van der Waals surface area contributed by atoms with Crippen LogP contribution >= 0.6 is 0 Å². The molecule has 1 rings (SSSR count). The van der Waals surface area contributed by atoms with Gasteiger partial charge in [0, 0.05) is 6.07 Å². The standard InChI is InChI=1S/C9H6F3NO5/c10-4-1-6(13(16)17)5(3-8(14)15)7(2-4)18-9(11)12/h1-2,9H,3H2,(H,14,15). The number of hydrogen-bond acceptors (Lipinski definition) is 4. The highest BCUT2D eigenvalue weighted by atomic mass is 19.3. The summed E-state index contributed by atoms with van der Waals surface area (Å²) in [5, 5.41) is 19.1. The van der Waals surface area contributed by atoms with Gasteiger partial charge in [0.1, 0.15) is 11.6 Å². The first-order valence-electron chi connectivity index (χ1n) is 4.44. The van der Waals surface area contributed by atoms with Crippen molar-refractivity contribution < 1.29 is 32.7 Å². The van der Waals surface area contributed by atoms with Gasteiger partial charge in [0.2, 0.25) is 0 Å².